The van der Waals surface area contributed by atoms with Gasteiger partial charge in [0.05, 0.1) is 51.1 Å². The lowest BCUT2D eigenvalue weighted by molar-refractivity contribution is -0.914. The molecule has 0 aromatic heterocycles. The fourth-order valence-electron chi connectivity index (χ4n) is 3.53. The lowest BCUT2D eigenvalue weighted by Crippen LogP contribution is -3.19. The molecular weight excluding hydrogens is 378 g/mol. The Labute approximate surface area is 171 Å². The topological polar surface area (TPSA) is 55.2 Å². The zero-order valence-corrected chi connectivity index (χ0v) is 17.3. The Kier molecular flexibility index (Phi) is 6.65. The Hall–Kier alpha value is -2.44. The number of para-hydroxylation sites is 1. The van der Waals surface area contributed by atoms with Gasteiger partial charge in [-0.05, 0) is 31.2 Å². The summed E-state index contributed by atoms with van der Waals surface area (Å²) in [6.45, 7) is 5.47. The predicted octanol–water partition coefficient (Wildman–Crippen LogP) is 2.09. The van der Waals surface area contributed by atoms with Crippen molar-refractivity contribution >= 4 is 28.9 Å². The Morgan fingerprint density at radius 3 is 2.43 bits per heavy atom. The predicted molar refractivity (Wildman–Crippen MR) is 112 cm³/mol. The molecule has 6 nitrogen and oxygen atoms in total. The van der Waals surface area contributed by atoms with Crippen molar-refractivity contribution in [2.45, 2.75) is 13.0 Å². The van der Waals surface area contributed by atoms with E-state index in [1.807, 2.05) is 37.3 Å². The normalized spacial score (nSPS) is 15.8. The molecule has 1 amide bonds. The highest BCUT2D eigenvalue weighted by atomic mass is 35.5. The van der Waals surface area contributed by atoms with E-state index in [9.17, 15) is 4.79 Å². The van der Waals surface area contributed by atoms with E-state index in [0.717, 1.165) is 36.9 Å². The molecule has 1 aliphatic rings. The van der Waals surface area contributed by atoms with Gasteiger partial charge >= 0.3 is 0 Å². The number of quaternary nitrogens is 1. The van der Waals surface area contributed by atoms with Crippen LogP contribution in [0.2, 0.25) is 5.02 Å². The number of hydrogen-bond donors (Lipinski definition) is 2. The van der Waals surface area contributed by atoms with Gasteiger partial charge in [0.1, 0.15) is 0 Å². The van der Waals surface area contributed by atoms with E-state index < -0.39 is 0 Å². The van der Waals surface area contributed by atoms with Crippen LogP contribution in [0.4, 0.5) is 11.4 Å². The average molecular weight is 405 g/mol. The van der Waals surface area contributed by atoms with Crippen molar-refractivity contribution in [3.63, 3.8) is 0 Å². The van der Waals surface area contributed by atoms with Crippen LogP contribution in [0.15, 0.2) is 42.5 Å². The van der Waals surface area contributed by atoms with Crippen LogP contribution >= 0.6 is 11.6 Å². The Bertz CT molecular complexity index is 822. The van der Waals surface area contributed by atoms with E-state index in [0.29, 0.717) is 17.2 Å². The van der Waals surface area contributed by atoms with Crippen LogP contribution in [0.5, 0.6) is 11.5 Å². The monoisotopic (exact) mass is 404 g/mol. The number of carbonyl (C=O) groups is 1. The van der Waals surface area contributed by atoms with Crippen molar-refractivity contribution < 1.29 is 19.2 Å². The number of anilines is 2. The molecule has 28 heavy (non-hydrogen) atoms. The number of rotatable bonds is 6. The first-order valence-electron chi connectivity index (χ1n) is 9.40. The minimum absolute atomic E-state index is 0.00610. The largest absolute Gasteiger partial charge is 0.493 e. The second kappa shape index (κ2) is 9.17. The number of carbonyl (C=O) groups excluding carboxylic acids is 1. The number of nitrogens with zero attached hydrogens (tertiary/aromatic N) is 1. The summed E-state index contributed by atoms with van der Waals surface area (Å²) in [6.07, 6.45) is 0. The minimum atomic E-state index is -0.151. The summed E-state index contributed by atoms with van der Waals surface area (Å²) >= 11 is 6.31. The van der Waals surface area contributed by atoms with Gasteiger partial charge in [-0.15, -0.1) is 0 Å². The van der Waals surface area contributed by atoms with Gasteiger partial charge in [-0.25, -0.2) is 0 Å². The molecule has 0 unspecified atom stereocenters. The zero-order chi connectivity index (χ0) is 20.1. The maximum absolute atomic E-state index is 12.7. The number of ether oxygens (including phenoxy) is 2. The highest BCUT2D eigenvalue weighted by Gasteiger charge is 2.29. The third kappa shape index (κ3) is 4.51. The summed E-state index contributed by atoms with van der Waals surface area (Å²) in [5.74, 6) is 1.22. The van der Waals surface area contributed by atoms with E-state index in [4.69, 9.17) is 21.1 Å². The molecule has 1 saturated heterocycles. The number of halogens is 1. The van der Waals surface area contributed by atoms with Crippen LogP contribution in [0.1, 0.15) is 6.92 Å². The van der Waals surface area contributed by atoms with Gasteiger partial charge in [0, 0.05) is 11.8 Å². The number of hydrogen-bond acceptors (Lipinski definition) is 4. The maximum atomic E-state index is 12.7. The van der Waals surface area contributed by atoms with E-state index in [-0.39, 0.29) is 11.9 Å². The van der Waals surface area contributed by atoms with Crippen molar-refractivity contribution in [1.82, 2.24) is 0 Å². The highest BCUT2D eigenvalue weighted by Crippen LogP contribution is 2.29. The Balaban J connectivity index is 1.58. The molecule has 0 saturated carbocycles. The SMILES string of the molecule is COc1ccc(NC(=O)[C@@H](C)[NH+]2CCN(c3ccccc3Cl)CC2)cc1OC. The molecular formula is C21H27ClN3O3+. The van der Waals surface area contributed by atoms with Gasteiger partial charge in [0.2, 0.25) is 0 Å². The summed E-state index contributed by atoms with van der Waals surface area (Å²) in [6, 6.07) is 13.1. The third-order valence-electron chi connectivity index (χ3n) is 5.26. The molecule has 2 aromatic rings. The van der Waals surface area contributed by atoms with Crippen molar-refractivity contribution in [3.8, 4) is 11.5 Å². The number of nitrogens with one attached hydrogen (secondary N) is 2. The fraction of sp³-hybridized carbons (Fsp3) is 0.381. The fourth-order valence-corrected chi connectivity index (χ4v) is 3.78. The molecule has 2 N–H and O–H groups in total. The van der Waals surface area contributed by atoms with Gasteiger partial charge < -0.3 is 24.6 Å². The number of methoxy groups -OCH3 is 2. The number of benzene rings is 2. The molecule has 1 fully saturated rings. The van der Waals surface area contributed by atoms with Gasteiger partial charge in [0.15, 0.2) is 17.5 Å². The smallest absolute Gasteiger partial charge is 0.282 e. The van der Waals surface area contributed by atoms with E-state index in [1.54, 1.807) is 26.4 Å². The molecule has 3 rings (SSSR count). The van der Waals surface area contributed by atoms with Crippen LogP contribution in [0.3, 0.4) is 0 Å². The van der Waals surface area contributed by atoms with Crippen molar-refractivity contribution in [2.75, 3.05) is 50.6 Å². The van der Waals surface area contributed by atoms with Crippen LogP contribution in [0.25, 0.3) is 0 Å². The maximum Gasteiger partial charge on any atom is 0.282 e. The van der Waals surface area contributed by atoms with Crippen molar-refractivity contribution in [3.05, 3.63) is 47.5 Å². The first-order valence-corrected chi connectivity index (χ1v) is 9.78. The molecule has 1 aliphatic heterocycles. The average Bonchev–Trinajstić information content (AvgIpc) is 2.73. The van der Waals surface area contributed by atoms with Gasteiger partial charge in [-0.3, -0.25) is 4.79 Å². The molecule has 150 valence electrons. The first-order chi connectivity index (χ1) is 13.5. The Morgan fingerprint density at radius 1 is 1.11 bits per heavy atom. The van der Waals surface area contributed by atoms with Crippen molar-refractivity contribution in [2.24, 2.45) is 0 Å². The molecule has 1 heterocycles. The lowest BCUT2D eigenvalue weighted by Gasteiger charge is -2.36. The van der Waals surface area contributed by atoms with Gasteiger partial charge in [-0.1, -0.05) is 23.7 Å². The lowest BCUT2D eigenvalue weighted by atomic mass is 10.2. The number of piperazine rings is 1. The van der Waals surface area contributed by atoms with Crippen molar-refractivity contribution in [1.29, 1.82) is 0 Å². The summed E-state index contributed by atoms with van der Waals surface area (Å²) in [5.41, 5.74) is 1.76. The molecule has 0 bridgehead atoms. The molecule has 1 atom stereocenters. The van der Waals surface area contributed by atoms with E-state index in [2.05, 4.69) is 10.2 Å². The number of amides is 1. The summed E-state index contributed by atoms with van der Waals surface area (Å²) in [4.78, 5) is 16.3. The highest BCUT2D eigenvalue weighted by molar-refractivity contribution is 6.33. The second-order valence-corrected chi connectivity index (χ2v) is 7.28. The molecule has 0 spiro atoms. The summed E-state index contributed by atoms with van der Waals surface area (Å²) in [5, 5.41) is 3.76. The second-order valence-electron chi connectivity index (χ2n) is 6.88. The van der Waals surface area contributed by atoms with Crippen LogP contribution < -0.4 is 24.6 Å². The molecule has 0 aliphatic carbocycles. The van der Waals surface area contributed by atoms with Gasteiger partial charge in [-0.2, -0.15) is 0 Å². The summed E-state index contributed by atoms with van der Waals surface area (Å²) in [7, 11) is 3.17. The third-order valence-corrected chi connectivity index (χ3v) is 5.58. The molecule has 2 aromatic carbocycles. The summed E-state index contributed by atoms with van der Waals surface area (Å²) < 4.78 is 10.5. The minimum Gasteiger partial charge on any atom is -0.493 e. The molecule has 7 heteroatoms. The van der Waals surface area contributed by atoms with Crippen LogP contribution in [-0.2, 0) is 4.79 Å². The van der Waals surface area contributed by atoms with E-state index in [1.165, 1.54) is 4.90 Å². The zero-order valence-electron chi connectivity index (χ0n) is 16.5. The van der Waals surface area contributed by atoms with Crippen LogP contribution in [0, 0.1) is 0 Å². The van der Waals surface area contributed by atoms with Crippen LogP contribution in [-0.4, -0.2) is 52.3 Å². The standard InChI is InChI=1S/C21H26ClN3O3/c1-15(21(26)23-16-8-9-19(27-2)20(14-16)28-3)24-10-12-25(13-11-24)18-7-5-4-6-17(18)22/h4-9,14-15H,10-13H2,1-3H3,(H,23,26)/p+1/t15-/m1/s1. The first kappa shape index (κ1) is 20.3. The van der Waals surface area contributed by atoms with Gasteiger partial charge in [0.25, 0.3) is 5.91 Å². The Morgan fingerprint density at radius 2 is 1.79 bits per heavy atom. The van der Waals surface area contributed by atoms with E-state index >= 15 is 0 Å². The quantitative estimate of drug-likeness (QED) is 0.774. The molecule has 0 radical (unpaired) electrons.